The average molecular weight is 523 g/mol. The quantitative estimate of drug-likeness (QED) is 0.359. The largest absolute Gasteiger partial charge is 0.383 e. The Morgan fingerprint density at radius 1 is 1.08 bits per heavy atom. The Kier molecular flexibility index (Phi) is 5.51. The van der Waals surface area contributed by atoms with Crippen molar-refractivity contribution in [3.8, 4) is 17.1 Å². The van der Waals surface area contributed by atoms with Crippen LogP contribution in [0.4, 0.5) is 5.82 Å². The maximum absolute atomic E-state index is 12.8. The molecule has 2 aliphatic rings. The van der Waals surface area contributed by atoms with Crippen LogP contribution in [-0.2, 0) is 17.8 Å². The predicted molar refractivity (Wildman–Crippen MR) is 144 cm³/mol. The first-order chi connectivity index (χ1) is 19.0. The van der Waals surface area contributed by atoms with Gasteiger partial charge in [0.1, 0.15) is 11.3 Å². The van der Waals surface area contributed by atoms with Crippen molar-refractivity contribution in [3.05, 3.63) is 88.2 Å². The number of benzene rings is 1. The minimum atomic E-state index is -0.191. The van der Waals surface area contributed by atoms with Crippen LogP contribution in [0.3, 0.4) is 0 Å². The second-order valence-corrected chi connectivity index (χ2v) is 10.0. The summed E-state index contributed by atoms with van der Waals surface area (Å²) < 4.78 is 7.23. The normalized spacial score (nSPS) is 15.8. The highest BCUT2D eigenvalue weighted by Crippen LogP contribution is 2.32. The fourth-order valence-corrected chi connectivity index (χ4v) is 5.49. The van der Waals surface area contributed by atoms with Crippen molar-refractivity contribution in [2.45, 2.75) is 18.9 Å². The lowest BCUT2D eigenvalue weighted by Crippen LogP contribution is -2.51. The molecular weight excluding hydrogens is 496 g/mol. The maximum atomic E-state index is 12.8. The number of nitrogens with two attached hydrogens (primary N) is 1. The summed E-state index contributed by atoms with van der Waals surface area (Å²) in [7, 11) is 0. The van der Waals surface area contributed by atoms with E-state index in [0.717, 1.165) is 35.5 Å². The molecule has 6 heterocycles. The molecule has 196 valence electrons. The van der Waals surface area contributed by atoms with Crippen LogP contribution in [0.2, 0.25) is 0 Å². The monoisotopic (exact) mass is 522 g/mol. The van der Waals surface area contributed by atoms with E-state index in [1.807, 2.05) is 28.8 Å². The molecular formula is C28H26N8O3. The highest BCUT2D eigenvalue weighted by atomic mass is 16.5. The predicted octanol–water partition coefficient (Wildman–Crippen LogP) is 2.33. The van der Waals surface area contributed by atoms with Crippen molar-refractivity contribution in [1.29, 1.82) is 0 Å². The molecule has 0 saturated carbocycles. The summed E-state index contributed by atoms with van der Waals surface area (Å²) in [5, 5.41) is 2.37. The third kappa shape index (κ3) is 4.07. The standard InChI is InChI=1S/C28H26N8O3/c29-25-21(3-1-10-30-25)26-32-22-4-2-11-31-27(22)36(26)19-7-5-17(6-8-19)18-13-34(14-18)16-24(37)35-12-9-20-23(15-35)39-33-28(20)38/h1-8,10-11,18H,9,12-16H2,(H2,29,30)(H,33,38). The van der Waals surface area contributed by atoms with E-state index in [-0.39, 0.29) is 11.5 Å². The van der Waals surface area contributed by atoms with Crippen LogP contribution in [0, 0.1) is 0 Å². The Balaban J connectivity index is 1.05. The van der Waals surface area contributed by atoms with Crippen molar-refractivity contribution in [2.24, 2.45) is 0 Å². The van der Waals surface area contributed by atoms with Crippen molar-refractivity contribution in [3.63, 3.8) is 0 Å². The summed E-state index contributed by atoms with van der Waals surface area (Å²) in [6.07, 6.45) is 3.95. The molecule has 0 aliphatic carbocycles. The van der Waals surface area contributed by atoms with Gasteiger partial charge in [0, 0.05) is 43.6 Å². The number of carbonyl (C=O) groups excluding carboxylic acids is 1. The molecule has 1 aromatic carbocycles. The van der Waals surface area contributed by atoms with Gasteiger partial charge in [-0.1, -0.05) is 12.1 Å². The number of hydrogen-bond donors (Lipinski definition) is 2. The Hall–Kier alpha value is -4.77. The number of amides is 1. The second-order valence-electron chi connectivity index (χ2n) is 10.0. The molecule has 0 atom stereocenters. The number of imidazole rings is 1. The first-order valence-electron chi connectivity index (χ1n) is 12.9. The average Bonchev–Trinajstić information content (AvgIpc) is 3.51. The van der Waals surface area contributed by atoms with Gasteiger partial charge in [-0.05, 0) is 48.4 Å². The molecule has 0 bridgehead atoms. The van der Waals surface area contributed by atoms with E-state index in [1.54, 1.807) is 17.3 Å². The number of rotatable bonds is 5. The van der Waals surface area contributed by atoms with Crippen molar-refractivity contribution in [2.75, 3.05) is 31.9 Å². The van der Waals surface area contributed by atoms with Crippen LogP contribution in [0.1, 0.15) is 22.8 Å². The van der Waals surface area contributed by atoms with Crippen LogP contribution >= 0.6 is 0 Å². The minimum absolute atomic E-state index is 0.0555. The van der Waals surface area contributed by atoms with Gasteiger partial charge in [-0.2, -0.15) is 5.16 Å². The topological polar surface area (TPSA) is 139 Å². The molecule has 11 heteroatoms. The lowest BCUT2D eigenvalue weighted by Gasteiger charge is -2.40. The van der Waals surface area contributed by atoms with Gasteiger partial charge in [0.2, 0.25) is 5.91 Å². The Bertz CT molecular complexity index is 1750. The number of aromatic nitrogens is 5. The molecule has 3 N–H and O–H groups in total. The first kappa shape index (κ1) is 23.4. The second kappa shape index (κ2) is 9.21. The third-order valence-electron chi connectivity index (χ3n) is 7.63. The highest BCUT2D eigenvalue weighted by Gasteiger charge is 2.32. The number of anilines is 1. The van der Waals surface area contributed by atoms with E-state index >= 15 is 0 Å². The van der Waals surface area contributed by atoms with Crippen LogP contribution in [0.25, 0.3) is 28.2 Å². The van der Waals surface area contributed by atoms with Crippen molar-refractivity contribution in [1.82, 2.24) is 34.5 Å². The molecule has 1 amide bonds. The van der Waals surface area contributed by atoms with E-state index in [1.165, 1.54) is 5.56 Å². The molecule has 0 spiro atoms. The van der Waals surface area contributed by atoms with Gasteiger partial charge >= 0.3 is 0 Å². The number of aromatic amines is 1. The van der Waals surface area contributed by atoms with E-state index in [0.29, 0.717) is 54.9 Å². The number of nitrogen functional groups attached to an aromatic ring is 1. The number of nitrogens with one attached hydrogen (secondary N) is 1. The first-order valence-corrected chi connectivity index (χ1v) is 12.9. The van der Waals surface area contributed by atoms with E-state index in [9.17, 15) is 9.59 Å². The number of pyridine rings is 2. The maximum Gasteiger partial charge on any atom is 0.283 e. The number of likely N-dealkylation sites (tertiary alicyclic amines) is 1. The fourth-order valence-electron chi connectivity index (χ4n) is 5.49. The van der Waals surface area contributed by atoms with E-state index in [4.69, 9.17) is 15.2 Å². The number of H-pyrrole nitrogens is 1. The van der Waals surface area contributed by atoms with Gasteiger partial charge in [-0.15, -0.1) is 0 Å². The van der Waals surface area contributed by atoms with Crippen LogP contribution in [0.5, 0.6) is 0 Å². The molecule has 7 rings (SSSR count). The van der Waals surface area contributed by atoms with E-state index < -0.39 is 0 Å². The van der Waals surface area contributed by atoms with Crippen molar-refractivity contribution >= 4 is 22.9 Å². The fraction of sp³-hybridized carbons (Fsp3) is 0.250. The van der Waals surface area contributed by atoms with Gasteiger partial charge in [0.25, 0.3) is 5.56 Å². The Morgan fingerprint density at radius 3 is 2.69 bits per heavy atom. The zero-order valence-electron chi connectivity index (χ0n) is 21.1. The lowest BCUT2D eigenvalue weighted by atomic mass is 9.91. The number of fused-ring (bicyclic) bond motifs is 2. The number of nitrogens with zero attached hydrogens (tertiary/aromatic N) is 6. The number of hydrogen-bond acceptors (Lipinski definition) is 8. The van der Waals surface area contributed by atoms with E-state index in [2.05, 4.69) is 44.3 Å². The molecule has 11 nitrogen and oxygen atoms in total. The van der Waals surface area contributed by atoms with Gasteiger partial charge in [0.05, 0.1) is 24.2 Å². The summed E-state index contributed by atoms with van der Waals surface area (Å²) in [4.78, 5) is 42.1. The molecule has 39 heavy (non-hydrogen) atoms. The molecule has 4 aromatic heterocycles. The molecule has 1 saturated heterocycles. The number of carbonyl (C=O) groups is 1. The molecule has 1 fully saturated rings. The Morgan fingerprint density at radius 2 is 1.87 bits per heavy atom. The van der Waals surface area contributed by atoms with Crippen LogP contribution in [0.15, 0.2) is 70.2 Å². The SMILES string of the molecule is Nc1ncccc1-c1nc2cccnc2n1-c1ccc(C2CN(CC(=O)N3CCc4c(o[nH]c4=O)C3)C2)cc1. The van der Waals surface area contributed by atoms with Gasteiger partial charge in [-0.25, -0.2) is 15.0 Å². The highest BCUT2D eigenvalue weighted by molar-refractivity contribution is 5.82. The zero-order valence-corrected chi connectivity index (χ0v) is 21.1. The molecule has 0 radical (unpaired) electrons. The van der Waals surface area contributed by atoms with Gasteiger partial charge in [0.15, 0.2) is 17.2 Å². The third-order valence-corrected chi connectivity index (χ3v) is 7.63. The summed E-state index contributed by atoms with van der Waals surface area (Å²) >= 11 is 0. The summed E-state index contributed by atoms with van der Waals surface area (Å²) in [6.45, 7) is 2.88. The lowest BCUT2D eigenvalue weighted by molar-refractivity contribution is -0.134. The summed E-state index contributed by atoms with van der Waals surface area (Å²) in [5.74, 6) is 2.08. The molecule has 0 unspecified atom stereocenters. The van der Waals surface area contributed by atoms with Crippen molar-refractivity contribution < 1.29 is 9.32 Å². The summed E-state index contributed by atoms with van der Waals surface area (Å²) in [5.41, 5.74) is 11.1. The smallest absolute Gasteiger partial charge is 0.283 e. The van der Waals surface area contributed by atoms with Gasteiger partial charge in [-0.3, -0.25) is 19.1 Å². The molecule has 5 aromatic rings. The van der Waals surface area contributed by atoms with Crippen LogP contribution in [-0.4, -0.2) is 66.6 Å². The minimum Gasteiger partial charge on any atom is -0.383 e. The Labute approximate surface area is 222 Å². The summed E-state index contributed by atoms with van der Waals surface area (Å²) in [6, 6.07) is 16.0. The van der Waals surface area contributed by atoms with Gasteiger partial charge < -0.3 is 15.2 Å². The van der Waals surface area contributed by atoms with Crippen LogP contribution < -0.4 is 11.3 Å². The molecule has 2 aliphatic heterocycles. The zero-order chi connectivity index (χ0) is 26.5.